The highest BCUT2D eigenvalue weighted by molar-refractivity contribution is 5.93. The van der Waals surface area contributed by atoms with Crippen molar-refractivity contribution >= 4 is 16.9 Å². The van der Waals surface area contributed by atoms with Gasteiger partial charge in [0.1, 0.15) is 11.3 Å². The SMILES string of the molecule is Cc1ccc(-c2cc(=O)c3cc(C(=O)O)ccc3o2)cc1. The van der Waals surface area contributed by atoms with Crippen molar-refractivity contribution in [2.24, 2.45) is 0 Å². The number of hydrogen-bond donors (Lipinski definition) is 1. The average Bonchev–Trinajstić information content (AvgIpc) is 2.47. The summed E-state index contributed by atoms with van der Waals surface area (Å²) in [5.41, 5.74) is 2.12. The van der Waals surface area contributed by atoms with Crippen molar-refractivity contribution in [2.75, 3.05) is 0 Å². The number of carboxylic acids is 1. The van der Waals surface area contributed by atoms with Gasteiger partial charge in [-0.05, 0) is 25.1 Å². The van der Waals surface area contributed by atoms with Crippen molar-refractivity contribution in [3.05, 3.63) is 69.9 Å². The molecule has 0 saturated heterocycles. The number of rotatable bonds is 2. The zero-order chi connectivity index (χ0) is 15.0. The van der Waals surface area contributed by atoms with E-state index in [1.54, 1.807) is 0 Å². The van der Waals surface area contributed by atoms with Crippen LogP contribution in [0.4, 0.5) is 0 Å². The van der Waals surface area contributed by atoms with Crippen molar-refractivity contribution in [3.8, 4) is 11.3 Å². The first-order chi connectivity index (χ1) is 10.0. The van der Waals surface area contributed by atoms with E-state index in [1.165, 1.54) is 24.3 Å². The maximum absolute atomic E-state index is 12.2. The fourth-order valence-electron chi connectivity index (χ4n) is 2.15. The van der Waals surface area contributed by atoms with Crippen LogP contribution in [0.3, 0.4) is 0 Å². The lowest BCUT2D eigenvalue weighted by atomic mass is 10.1. The second-order valence-corrected chi connectivity index (χ2v) is 4.86. The lowest BCUT2D eigenvalue weighted by molar-refractivity contribution is 0.0697. The maximum atomic E-state index is 12.2. The van der Waals surface area contributed by atoms with Crippen LogP contribution in [0.15, 0.2) is 57.7 Å². The van der Waals surface area contributed by atoms with Crippen LogP contribution in [-0.4, -0.2) is 11.1 Å². The fraction of sp³-hybridized carbons (Fsp3) is 0.0588. The standard InChI is InChI=1S/C17H12O4/c1-10-2-4-11(5-3-10)16-9-14(18)13-8-12(17(19)20)6-7-15(13)21-16/h2-9H,1H3,(H,19,20). The summed E-state index contributed by atoms with van der Waals surface area (Å²) in [6, 6.07) is 13.3. The van der Waals surface area contributed by atoms with Crippen molar-refractivity contribution in [1.82, 2.24) is 0 Å². The van der Waals surface area contributed by atoms with Gasteiger partial charge in [0, 0.05) is 11.6 Å². The summed E-state index contributed by atoms with van der Waals surface area (Å²) >= 11 is 0. The topological polar surface area (TPSA) is 67.5 Å². The summed E-state index contributed by atoms with van der Waals surface area (Å²) in [7, 11) is 0. The first-order valence-electron chi connectivity index (χ1n) is 6.43. The fourth-order valence-corrected chi connectivity index (χ4v) is 2.15. The van der Waals surface area contributed by atoms with Gasteiger partial charge in [-0.25, -0.2) is 4.79 Å². The van der Waals surface area contributed by atoms with Crippen LogP contribution in [0.25, 0.3) is 22.3 Å². The Morgan fingerprint density at radius 2 is 1.76 bits per heavy atom. The van der Waals surface area contributed by atoms with E-state index in [1.807, 2.05) is 31.2 Å². The molecule has 0 amide bonds. The molecule has 0 unspecified atom stereocenters. The number of fused-ring (bicyclic) bond motifs is 1. The Labute approximate surface area is 120 Å². The molecule has 4 nitrogen and oxygen atoms in total. The normalized spacial score (nSPS) is 10.7. The van der Waals surface area contributed by atoms with Gasteiger partial charge in [0.2, 0.25) is 0 Å². The predicted molar refractivity (Wildman–Crippen MR) is 79.6 cm³/mol. The summed E-state index contributed by atoms with van der Waals surface area (Å²) in [5, 5.41) is 9.23. The Morgan fingerprint density at radius 1 is 1.05 bits per heavy atom. The van der Waals surface area contributed by atoms with E-state index in [9.17, 15) is 9.59 Å². The highest BCUT2D eigenvalue weighted by Gasteiger charge is 2.10. The van der Waals surface area contributed by atoms with E-state index in [4.69, 9.17) is 9.52 Å². The molecule has 0 aliphatic rings. The summed E-state index contributed by atoms with van der Waals surface area (Å²) < 4.78 is 5.71. The molecule has 1 N–H and O–H groups in total. The van der Waals surface area contributed by atoms with E-state index in [-0.39, 0.29) is 16.4 Å². The quantitative estimate of drug-likeness (QED) is 0.780. The average molecular weight is 280 g/mol. The largest absolute Gasteiger partial charge is 0.478 e. The molecule has 0 aliphatic heterocycles. The second-order valence-electron chi connectivity index (χ2n) is 4.86. The van der Waals surface area contributed by atoms with Crippen LogP contribution in [0, 0.1) is 6.92 Å². The van der Waals surface area contributed by atoms with Crippen LogP contribution >= 0.6 is 0 Å². The molecular formula is C17H12O4. The smallest absolute Gasteiger partial charge is 0.335 e. The van der Waals surface area contributed by atoms with Crippen LogP contribution in [-0.2, 0) is 0 Å². The predicted octanol–water partition coefficient (Wildman–Crippen LogP) is 3.47. The number of aromatic carboxylic acids is 1. The van der Waals surface area contributed by atoms with Crippen molar-refractivity contribution < 1.29 is 14.3 Å². The zero-order valence-corrected chi connectivity index (χ0v) is 11.3. The van der Waals surface area contributed by atoms with Gasteiger partial charge in [-0.1, -0.05) is 29.8 Å². The molecule has 0 aliphatic carbocycles. The van der Waals surface area contributed by atoms with Gasteiger partial charge in [-0.15, -0.1) is 0 Å². The number of hydrogen-bond acceptors (Lipinski definition) is 3. The van der Waals surface area contributed by atoms with Crippen molar-refractivity contribution in [1.29, 1.82) is 0 Å². The Kier molecular flexibility index (Phi) is 3.06. The minimum absolute atomic E-state index is 0.0675. The molecule has 1 aromatic heterocycles. The van der Waals surface area contributed by atoms with Gasteiger partial charge in [-0.3, -0.25) is 4.79 Å². The van der Waals surface area contributed by atoms with Crippen LogP contribution in [0.5, 0.6) is 0 Å². The molecule has 21 heavy (non-hydrogen) atoms. The van der Waals surface area contributed by atoms with Gasteiger partial charge in [-0.2, -0.15) is 0 Å². The molecule has 0 radical (unpaired) electrons. The minimum atomic E-state index is -1.07. The molecule has 0 bridgehead atoms. The van der Waals surface area contributed by atoms with Gasteiger partial charge in [0.25, 0.3) is 0 Å². The third-order valence-corrected chi connectivity index (χ3v) is 3.31. The highest BCUT2D eigenvalue weighted by atomic mass is 16.4. The van der Waals surface area contributed by atoms with Gasteiger partial charge >= 0.3 is 5.97 Å². The molecule has 104 valence electrons. The number of aryl methyl sites for hydroxylation is 1. The Morgan fingerprint density at radius 3 is 2.43 bits per heavy atom. The van der Waals surface area contributed by atoms with E-state index in [0.717, 1.165) is 11.1 Å². The lowest BCUT2D eigenvalue weighted by Gasteiger charge is -2.04. The third kappa shape index (κ3) is 2.43. The Hall–Kier alpha value is -2.88. The number of benzene rings is 2. The van der Waals surface area contributed by atoms with Crippen LogP contribution in [0.1, 0.15) is 15.9 Å². The first-order valence-corrected chi connectivity index (χ1v) is 6.43. The van der Waals surface area contributed by atoms with E-state index >= 15 is 0 Å². The van der Waals surface area contributed by atoms with Crippen molar-refractivity contribution in [3.63, 3.8) is 0 Å². The van der Waals surface area contributed by atoms with E-state index in [0.29, 0.717) is 11.3 Å². The number of carboxylic acid groups (broad SMARTS) is 1. The highest BCUT2D eigenvalue weighted by Crippen LogP contribution is 2.23. The maximum Gasteiger partial charge on any atom is 0.335 e. The van der Waals surface area contributed by atoms with Gasteiger partial charge in [0.15, 0.2) is 5.43 Å². The van der Waals surface area contributed by atoms with E-state index in [2.05, 4.69) is 0 Å². The third-order valence-electron chi connectivity index (χ3n) is 3.31. The molecular weight excluding hydrogens is 268 g/mol. The lowest BCUT2D eigenvalue weighted by Crippen LogP contribution is -2.03. The molecule has 1 heterocycles. The minimum Gasteiger partial charge on any atom is -0.478 e. The molecule has 0 saturated carbocycles. The molecule has 2 aromatic carbocycles. The molecule has 0 fully saturated rings. The summed E-state index contributed by atoms with van der Waals surface area (Å²) in [4.78, 5) is 23.1. The number of carbonyl (C=O) groups is 1. The first kappa shape index (κ1) is 13.1. The van der Waals surface area contributed by atoms with Crippen LogP contribution < -0.4 is 5.43 Å². The summed E-state index contributed by atoms with van der Waals surface area (Å²) in [5.74, 6) is -0.602. The second kappa shape index (κ2) is 4.90. The molecule has 3 aromatic rings. The molecule has 3 rings (SSSR count). The Balaban J connectivity index is 2.20. The van der Waals surface area contributed by atoms with Gasteiger partial charge < -0.3 is 9.52 Å². The van der Waals surface area contributed by atoms with Crippen LogP contribution in [0.2, 0.25) is 0 Å². The van der Waals surface area contributed by atoms with E-state index < -0.39 is 5.97 Å². The summed E-state index contributed by atoms with van der Waals surface area (Å²) in [6.45, 7) is 1.98. The molecule has 4 heteroatoms. The zero-order valence-electron chi connectivity index (χ0n) is 11.3. The van der Waals surface area contributed by atoms with Crippen molar-refractivity contribution in [2.45, 2.75) is 6.92 Å². The summed E-state index contributed by atoms with van der Waals surface area (Å²) in [6.07, 6.45) is 0. The molecule has 0 spiro atoms. The van der Waals surface area contributed by atoms with Gasteiger partial charge in [0.05, 0.1) is 10.9 Å². The molecule has 0 atom stereocenters. The monoisotopic (exact) mass is 280 g/mol. The Bertz CT molecular complexity index is 889.